The lowest BCUT2D eigenvalue weighted by atomic mass is 9.93. The van der Waals surface area contributed by atoms with E-state index in [4.69, 9.17) is 5.26 Å². The smallest absolute Gasteiger partial charge is 0.178 e. The molecular weight excluding hydrogens is 257 g/mol. The maximum atomic E-state index is 14.0. The lowest BCUT2D eigenvalue weighted by Crippen LogP contribution is -2.14. The van der Waals surface area contributed by atoms with Crippen LogP contribution in [0.25, 0.3) is 0 Å². The van der Waals surface area contributed by atoms with Crippen molar-refractivity contribution in [3.8, 4) is 6.07 Å². The van der Waals surface area contributed by atoms with Crippen LogP contribution in [0.2, 0.25) is 0 Å². The largest absolute Gasteiger partial charge is 0.293 e. The van der Waals surface area contributed by atoms with E-state index in [0.717, 1.165) is 6.07 Å². The minimum atomic E-state index is -1.14. The van der Waals surface area contributed by atoms with Crippen LogP contribution < -0.4 is 0 Å². The van der Waals surface area contributed by atoms with Crippen LogP contribution in [0.15, 0.2) is 42.5 Å². The Morgan fingerprint density at radius 1 is 1.00 bits per heavy atom. The Morgan fingerprint density at radius 3 is 2.10 bits per heavy atom. The van der Waals surface area contributed by atoms with Gasteiger partial charge in [-0.15, -0.1) is 0 Å². The summed E-state index contributed by atoms with van der Waals surface area (Å²) in [4.78, 5) is 24.5. The van der Waals surface area contributed by atoms with E-state index in [1.54, 1.807) is 24.3 Å². The van der Waals surface area contributed by atoms with Gasteiger partial charge < -0.3 is 0 Å². The molecule has 0 atom stereocenters. The number of ketones is 2. The molecule has 1 aliphatic carbocycles. The van der Waals surface area contributed by atoms with Crippen LogP contribution in [0.1, 0.15) is 37.8 Å². The summed E-state index contributed by atoms with van der Waals surface area (Å²) < 4.78 is 14.0. The van der Waals surface area contributed by atoms with Gasteiger partial charge in [-0.05, 0) is 12.1 Å². The number of nitriles is 1. The van der Waals surface area contributed by atoms with E-state index in [1.165, 1.54) is 12.1 Å². The monoisotopic (exact) mass is 265 g/mol. The molecule has 0 saturated carbocycles. The van der Waals surface area contributed by atoms with Gasteiger partial charge in [0.15, 0.2) is 11.6 Å². The van der Waals surface area contributed by atoms with E-state index < -0.39 is 23.3 Å². The van der Waals surface area contributed by atoms with Gasteiger partial charge in [0.25, 0.3) is 0 Å². The van der Waals surface area contributed by atoms with E-state index in [2.05, 4.69) is 0 Å². The highest BCUT2D eigenvalue weighted by Crippen LogP contribution is 2.35. The highest BCUT2D eigenvalue weighted by Gasteiger charge is 2.40. The topological polar surface area (TPSA) is 57.9 Å². The van der Waals surface area contributed by atoms with Gasteiger partial charge in [0, 0.05) is 16.7 Å². The van der Waals surface area contributed by atoms with Gasteiger partial charge in [0.05, 0.1) is 11.6 Å². The molecule has 0 bridgehead atoms. The molecule has 1 aliphatic rings. The fourth-order valence-electron chi connectivity index (χ4n) is 2.46. The maximum absolute atomic E-state index is 14.0. The van der Waals surface area contributed by atoms with Crippen molar-refractivity contribution in [1.29, 1.82) is 5.26 Å². The third-order valence-corrected chi connectivity index (χ3v) is 3.42. The van der Waals surface area contributed by atoms with E-state index in [-0.39, 0.29) is 11.1 Å². The van der Waals surface area contributed by atoms with Gasteiger partial charge in [-0.3, -0.25) is 9.59 Å². The molecule has 2 aromatic carbocycles. The van der Waals surface area contributed by atoms with Crippen LogP contribution in [-0.4, -0.2) is 11.6 Å². The number of hydrogen-bond acceptors (Lipinski definition) is 3. The highest BCUT2D eigenvalue weighted by molar-refractivity contribution is 6.29. The van der Waals surface area contributed by atoms with Gasteiger partial charge in [0.2, 0.25) is 0 Å². The summed E-state index contributed by atoms with van der Waals surface area (Å²) in [5.41, 5.74) is 0.828. The highest BCUT2D eigenvalue weighted by atomic mass is 19.1. The second kappa shape index (κ2) is 4.39. The summed E-state index contributed by atoms with van der Waals surface area (Å²) >= 11 is 0. The number of Topliss-reactive ketones (excluding diaryl/α,β-unsaturated/α-hetero) is 2. The van der Waals surface area contributed by atoms with Crippen molar-refractivity contribution in [2.24, 2.45) is 0 Å². The number of carbonyl (C=O) groups is 2. The molecule has 3 nitrogen and oxygen atoms in total. The fourth-order valence-corrected chi connectivity index (χ4v) is 2.46. The lowest BCUT2D eigenvalue weighted by molar-refractivity contribution is 0.0888. The van der Waals surface area contributed by atoms with E-state index in [0.29, 0.717) is 11.1 Å². The fraction of sp³-hybridized carbons (Fsp3) is 0.0625. The molecule has 0 N–H and O–H groups in total. The third kappa shape index (κ3) is 1.64. The van der Waals surface area contributed by atoms with E-state index in [1.807, 2.05) is 6.07 Å². The maximum Gasteiger partial charge on any atom is 0.178 e. The number of fused-ring (bicyclic) bond motifs is 1. The molecule has 96 valence electrons. The van der Waals surface area contributed by atoms with Gasteiger partial charge in [-0.2, -0.15) is 5.26 Å². The molecule has 4 heteroatoms. The minimum Gasteiger partial charge on any atom is -0.293 e. The second-order valence-electron chi connectivity index (χ2n) is 4.56. The molecule has 0 unspecified atom stereocenters. The number of nitrogens with zero attached hydrogens (tertiary/aromatic N) is 1. The third-order valence-electron chi connectivity index (χ3n) is 3.42. The van der Waals surface area contributed by atoms with E-state index >= 15 is 0 Å². The predicted molar refractivity (Wildman–Crippen MR) is 69.0 cm³/mol. The normalized spacial score (nSPS) is 14.2. The van der Waals surface area contributed by atoms with Crippen molar-refractivity contribution >= 4 is 11.6 Å². The summed E-state index contributed by atoms with van der Waals surface area (Å²) in [5, 5.41) is 8.71. The van der Waals surface area contributed by atoms with Crippen LogP contribution in [0.5, 0.6) is 0 Å². The molecule has 0 fully saturated rings. The van der Waals surface area contributed by atoms with Crippen molar-refractivity contribution in [2.45, 2.75) is 5.92 Å². The Labute approximate surface area is 114 Å². The molecule has 3 rings (SSSR count). The summed E-state index contributed by atoms with van der Waals surface area (Å²) in [6.07, 6.45) is 0. The number of hydrogen-bond donors (Lipinski definition) is 0. The first-order chi connectivity index (χ1) is 9.63. The molecule has 0 spiro atoms. The minimum absolute atomic E-state index is 0.0233. The Bertz CT molecular complexity index is 754. The van der Waals surface area contributed by atoms with Crippen molar-refractivity contribution < 1.29 is 14.0 Å². The zero-order valence-electron chi connectivity index (χ0n) is 10.3. The standard InChI is InChI=1S/C16H8FNO2/c17-13-7-9(8-18)5-6-12(13)14-15(19)10-3-1-2-4-11(10)16(14)20/h1-7,14H. The Kier molecular flexibility index (Phi) is 2.69. The molecule has 0 aliphatic heterocycles. The summed E-state index contributed by atoms with van der Waals surface area (Å²) in [5.74, 6) is -2.63. The van der Waals surface area contributed by atoms with E-state index in [9.17, 15) is 14.0 Å². The first kappa shape index (κ1) is 12.2. The molecule has 0 aromatic heterocycles. The van der Waals surface area contributed by atoms with Crippen molar-refractivity contribution in [3.05, 3.63) is 70.5 Å². The van der Waals surface area contributed by atoms with Crippen LogP contribution in [0.4, 0.5) is 4.39 Å². The van der Waals surface area contributed by atoms with Crippen LogP contribution in [0.3, 0.4) is 0 Å². The molecule has 20 heavy (non-hydrogen) atoms. The summed E-state index contributed by atoms with van der Waals surface area (Å²) in [6.45, 7) is 0. The first-order valence-corrected chi connectivity index (χ1v) is 6.00. The average molecular weight is 265 g/mol. The zero-order chi connectivity index (χ0) is 14.3. The SMILES string of the molecule is N#Cc1ccc(C2C(=O)c3ccccc3C2=O)c(F)c1. The van der Waals surface area contributed by atoms with Gasteiger partial charge in [0.1, 0.15) is 11.7 Å². The molecule has 0 heterocycles. The van der Waals surface area contributed by atoms with Crippen molar-refractivity contribution in [2.75, 3.05) is 0 Å². The first-order valence-electron chi connectivity index (χ1n) is 6.00. The average Bonchev–Trinajstić information content (AvgIpc) is 2.72. The zero-order valence-corrected chi connectivity index (χ0v) is 10.3. The Hall–Kier alpha value is -2.80. The van der Waals surface area contributed by atoms with Crippen LogP contribution >= 0.6 is 0 Å². The number of benzene rings is 2. The molecular formula is C16H8FNO2. The molecule has 0 amide bonds. The van der Waals surface area contributed by atoms with Crippen LogP contribution in [-0.2, 0) is 0 Å². The molecule has 2 aromatic rings. The van der Waals surface area contributed by atoms with Gasteiger partial charge in [-0.25, -0.2) is 4.39 Å². The molecule has 0 radical (unpaired) electrons. The van der Waals surface area contributed by atoms with Gasteiger partial charge >= 0.3 is 0 Å². The molecule has 0 saturated heterocycles. The van der Waals surface area contributed by atoms with Crippen LogP contribution in [0, 0.1) is 17.1 Å². The van der Waals surface area contributed by atoms with Crippen molar-refractivity contribution in [3.63, 3.8) is 0 Å². The predicted octanol–water partition coefficient (Wildman–Crippen LogP) is 2.86. The summed E-state index contributed by atoms with van der Waals surface area (Å²) in [6, 6.07) is 12.1. The summed E-state index contributed by atoms with van der Waals surface area (Å²) in [7, 11) is 0. The van der Waals surface area contributed by atoms with Crippen molar-refractivity contribution in [1.82, 2.24) is 0 Å². The number of rotatable bonds is 1. The number of carbonyl (C=O) groups excluding carboxylic acids is 2. The quantitative estimate of drug-likeness (QED) is 0.745. The number of halogens is 1. The second-order valence-corrected chi connectivity index (χ2v) is 4.56. The van der Waals surface area contributed by atoms with Gasteiger partial charge in [-0.1, -0.05) is 30.3 Å². The Morgan fingerprint density at radius 2 is 1.60 bits per heavy atom. The lowest BCUT2D eigenvalue weighted by Gasteiger charge is -2.08. The Balaban J connectivity index is 2.12.